The lowest BCUT2D eigenvalue weighted by molar-refractivity contribution is 0.102. The molecule has 0 atom stereocenters. The topological polar surface area (TPSA) is 47.6 Å². The molecule has 0 heterocycles. The van der Waals surface area contributed by atoms with Gasteiger partial charge in [-0.2, -0.15) is 0 Å². The van der Waals surface area contributed by atoms with Gasteiger partial charge in [0.2, 0.25) is 0 Å². The Kier molecular flexibility index (Phi) is 8.92. The van der Waals surface area contributed by atoms with Crippen molar-refractivity contribution in [2.24, 2.45) is 0 Å². The molecule has 1 amide bonds. The quantitative estimate of drug-likeness (QED) is 0.339. The molecular formula is C22H26BrNO3. The third kappa shape index (κ3) is 6.75. The number of para-hydroxylation sites is 2. The highest BCUT2D eigenvalue weighted by molar-refractivity contribution is 9.10. The Morgan fingerprint density at radius 3 is 2.67 bits per heavy atom. The highest BCUT2D eigenvalue weighted by Gasteiger charge is 2.12. The van der Waals surface area contributed by atoms with Gasteiger partial charge >= 0.3 is 0 Å². The molecule has 2 rings (SSSR count). The number of halogens is 1. The maximum atomic E-state index is 12.6. The van der Waals surface area contributed by atoms with E-state index in [9.17, 15) is 4.79 Å². The smallest absolute Gasteiger partial charge is 0.255 e. The molecule has 0 saturated carbocycles. The summed E-state index contributed by atoms with van der Waals surface area (Å²) in [5, 5.41) is 2.89. The van der Waals surface area contributed by atoms with E-state index in [0.717, 1.165) is 16.6 Å². The molecule has 5 heteroatoms. The molecule has 0 aliphatic rings. The summed E-state index contributed by atoms with van der Waals surface area (Å²) in [6.45, 7) is 6.88. The van der Waals surface area contributed by atoms with Crippen LogP contribution in [0.4, 0.5) is 5.69 Å². The third-order valence-electron chi connectivity index (χ3n) is 3.94. The molecule has 0 fully saturated rings. The van der Waals surface area contributed by atoms with Crippen LogP contribution in [0.3, 0.4) is 0 Å². The van der Waals surface area contributed by atoms with Gasteiger partial charge in [0.1, 0.15) is 18.1 Å². The van der Waals surface area contributed by atoms with Crippen molar-refractivity contribution in [3.8, 4) is 11.5 Å². The number of benzene rings is 2. The summed E-state index contributed by atoms with van der Waals surface area (Å²) in [5.41, 5.74) is 1.16. The van der Waals surface area contributed by atoms with Crippen molar-refractivity contribution >= 4 is 27.5 Å². The minimum Gasteiger partial charge on any atom is -0.492 e. The predicted octanol–water partition coefficient (Wildman–Crippen LogP) is 6.23. The number of unbranched alkanes of at least 4 members (excludes halogenated alkanes) is 3. The summed E-state index contributed by atoms with van der Waals surface area (Å²) in [5.74, 6) is 1.15. The van der Waals surface area contributed by atoms with E-state index in [1.165, 1.54) is 19.3 Å². The molecule has 0 saturated heterocycles. The van der Waals surface area contributed by atoms with Crippen LogP contribution >= 0.6 is 15.9 Å². The van der Waals surface area contributed by atoms with Gasteiger partial charge in [0.25, 0.3) is 5.91 Å². The zero-order valence-electron chi connectivity index (χ0n) is 15.7. The highest BCUT2D eigenvalue weighted by Crippen LogP contribution is 2.28. The van der Waals surface area contributed by atoms with Gasteiger partial charge in [0.05, 0.1) is 16.8 Å². The monoisotopic (exact) mass is 431 g/mol. The zero-order valence-corrected chi connectivity index (χ0v) is 17.3. The van der Waals surface area contributed by atoms with E-state index < -0.39 is 0 Å². The van der Waals surface area contributed by atoms with Crippen LogP contribution in [0, 0.1) is 0 Å². The Balaban J connectivity index is 1.99. The maximum absolute atomic E-state index is 12.6. The Labute approximate surface area is 169 Å². The fourth-order valence-corrected chi connectivity index (χ4v) is 3.00. The molecular weight excluding hydrogens is 406 g/mol. The molecule has 0 unspecified atom stereocenters. The van der Waals surface area contributed by atoms with Crippen molar-refractivity contribution in [2.75, 3.05) is 18.5 Å². The first kappa shape index (κ1) is 21.0. The average molecular weight is 432 g/mol. The molecule has 27 heavy (non-hydrogen) atoms. The van der Waals surface area contributed by atoms with Crippen LogP contribution in [0.5, 0.6) is 11.5 Å². The second kappa shape index (κ2) is 11.4. The van der Waals surface area contributed by atoms with Crippen molar-refractivity contribution in [1.82, 2.24) is 0 Å². The third-order valence-corrected chi connectivity index (χ3v) is 4.56. The molecule has 0 aromatic heterocycles. The van der Waals surface area contributed by atoms with Crippen LogP contribution < -0.4 is 14.8 Å². The van der Waals surface area contributed by atoms with Gasteiger partial charge in [0, 0.05) is 5.56 Å². The van der Waals surface area contributed by atoms with E-state index in [0.29, 0.717) is 30.2 Å². The summed E-state index contributed by atoms with van der Waals surface area (Å²) in [7, 11) is 0. The van der Waals surface area contributed by atoms with Crippen molar-refractivity contribution in [3.05, 3.63) is 65.2 Å². The minimum absolute atomic E-state index is 0.208. The SMILES string of the molecule is C=CCOc1ccccc1NC(=O)c1ccc(OCCCCCC)c(Br)c1. The molecule has 144 valence electrons. The van der Waals surface area contributed by atoms with E-state index in [2.05, 4.69) is 34.7 Å². The van der Waals surface area contributed by atoms with Gasteiger partial charge in [0.15, 0.2) is 0 Å². The fraction of sp³-hybridized carbons (Fsp3) is 0.318. The minimum atomic E-state index is -0.208. The molecule has 2 aromatic carbocycles. The number of anilines is 1. The van der Waals surface area contributed by atoms with Gasteiger partial charge in [-0.3, -0.25) is 4.79 Å². The standard InChI is InChI=1S/C22H26BrNO3/c1-3-5-6-9-15-27-20-13-12-17(16-18(20)23)22(25)24-19-10-7-8-11-21(19)26-14-4-2/h4,7-8,10-13,16H,2-3,5-6,9,14-15H2,1H3,(H,24,25). The van der Waals surface area contributed by atoms with E-state index in [1.807, 2.05) is 24.3 Å². The molecule has 0 aliphatic heterocycles. The summed E-state index contributed by atoms with van der Waals surface area (Å²) in [4.78, 5) is 12.6. The second-order valence-electron chi connectivity index (χ2n) is 6.10. The number of carbonyl (C=O) groups is 1. The summed E-state index contributed by atoms with van der Waals surface area (Å²) >= 11 is 3.49. The molecule has 0 bridgehead atoms. The van der Waals surface area contributed by atoms with Crippen molar-refractivity contribution in [3.63, 3.8) is 0 Å². The lowest BCUT2D eigenvalue weighted by Gasteiger charge is -2.12. The molecule has 2 aromatic rings. The van der Waals surface area contributed by atoms with E-state index in [1.54, 1.807) is 24.3 Å². The molecule has 4 nitrogen and oxygen atoms in total. The van der Waals surface area contributed by atoms with E-state index in [4.69, 9.17) is 9.47 Å². The summed E-state index contributed by atoms with van der Waals surface area (Å²) in [6, 6.07) is 12.7. The Morgan fingerprint density at radius 1 is 1.11 bits per heavy atom. The van der Waals surface area contributed by atoms with E-state index in [-0.39, 0.29) is 5.91 Å². The first-order valence-electron chi connectivity index (χ1n) is 9.22. The first-order valence-corrected chi connectivity index (χ1v) is 10.0. The molecule has 0 spiro atoms. The van der Waals surface area contributed by atoms with Crippen LogP contribution in [0.2, 0.25) is 0 Å². The fourth-order valence-electron chi connectivity index (χ4n) is 2.51. The van der Waals surface area contributed by atoms with Gasteiger partial charge < -0.3 is 14.8 Å². The zero-order chi connectivity index (χ0) is 19.5. The van der Waals surface area contributed by atoms with Crippen LogP contribution in [0.25, 0.3) is 0 Å². The number of rotatable bonds is 11. The van der Waals surface area contributed by atoms with Crippen molar-refractivity contribution in [2.45, 2.75) is 32.6 Å². The number of hydrogen-bond acceptors (Lipinski definition) is 3. The Morgan fingerprint density at radius 2 is 1.93 bits per heavy atom. The lowest BCUT2D eigenvalue weighted by Crippen LogP contribution is -2.13. The predicted molar refractivity (Wildman–Crippen MR) is 114 cm³/mol. The van der Waals surface area contributed by atoms with Gasteiger partial charge in [-0.25, -0.2) is 0 Å². The van der Waals surface area contributed by atoms with Crippen LogP contribution in [0.1, 0.15) is 43.0 Å². The number of ether oxygens (including phenoxy) is 2. The van der Waals surface area contributed by atoms with Crippen LogP contribution in [-0.4, -0.2) is 19.1 Å². The Hall–Kier alpha value is -2.27. The molecule has 1 N–H and O–H groups in total. The maximum Gasteiger partial charge on any atom is 0.255 e. The normalized spacial score (nSPS) is 10.3. The Bertz CT molecular complexity index is 761. The van der Waals surface area contributed by atoms with Gasteiger partial charge in [-0.15, -0.1) is 0 Å². The first-order chi connectivity index (χ1) is 13.2. The highest BCUT2D eigenvalue weighted by atomic mass is 79.9. The number of carbonyl (C=O) groups excluding carboxylic acids is 1. The largest absolute Gasteiger partial charge is 0.492 e. The van der Waals surface area contributed by atoms with E-state index >= 15 is 0 Å². The second-order valence-corrected chi connectivity index (χ2v) is 6.96. The number of nitrogens with one attached hydrogen (secondary N) is 1. The van der Waals surface area contributed by atoms with Gasteiger partial charge in [-0.1, -0.05) is 51.0 Å². The van der Waals surface area contributed by atoms with Crippen molar-refractivity contribution < 1.29 is 14.3 Å². The summed E-state index contributed by atoms with van der Waals surface area (Å²) in [6.07, 6.45) is 6.29. The van der Waals surface area contributed by atoms with Crippen LogP contribution in [-0.2, 0) is 0 Å². The molecule has 0 aliphatic carbocycles. The average Bonchev–Trinajstić information content (AvgIpc) is 2.68. The molecule has 0 radical (unpaired) electrons. The van der Waals surface area contributed by atoms with Gasteiger partial charge in [-0.05, 0) is 52.7 Å². The number of amides is 1. The van der Waals surface area contributed by atoms with Crippen LogP contribution in [0.15, 0.2) is 59.6 Å². The summed E-state index contributed by atoms with van der Waals surface area (Å²) < 4.78 is 12.1. The van der Waals surface area contributed by atoms with Crippen molar-refractivity contribution in [1.29, 1.82) is 0 Å². The number of hydrogen-bond donors (Lipinski definition) is 1. The lowest BCUT2D eigenvalue weighted by atomic mass is 10.2.